The molecule has 1 aromatic heterocycles. The average Bonchev–Trinajstić information content (AvgIpc) is 2.76. The van der Waals surface area contributed by atoms with Crippen LogP contribution in [0.5, 0.6) is 0 Å². The molecule has 0 aliphatic heterocycles. The van der Waals surface area contributed by atoms with Gasteiger partial charge in [0.05, 0.1) is 17.4 Å². The van der Waals surface area contributed by atoms with Crippen LogP contribution in [0.3, 0.4) is 0 Å². The maximum Gasteiger partial charge on any atom is 0.416 e. The van der Waals surface area contributed by atoms with Crippen molar-refractivity contribution in [2.45, 2.75) is 32.7 Å². The molecule has 0 fully saturated rings. The molecule has 0 aliphatic carbocycles. The normalized spacial score (nSPS) is 13.4. The Morgan fingerprint density at radius 3 is 2.55 bits per heavy atom. The Labute approximate surface area is 130 Å². The Hall–Kier alpha value is -1.44. The molecule has 22 heavy (non-hydrogen) atoms. The molecule has 1 unspecified atom stereocenters. The van der Waals surface area contributed by atoms with Crippen molar-refractivity contribution in [3.8, 4) is 0 Å². The molecule has 2 aromatic rings. The Balaban J connectivity index is 1.99. The molecule has 0 aliphatic rings. The summed E-state index contributed by atoms with van der Waals surface area (Å²) < 4.78 is 38.7. The van der Waals surface area contributed by atoms with Gasteiger partial charge in [0.2, 0.25) is 0 Å². The third-order valence-corrected chi connectivity index (χ3v) is 4.38. The maximum atomic E-state index is 12.9. The number of hydrogen-bond donors (Lipinski definition) is 2. The number of aromatic nitrogens is 1. The molecular weight excluding hydrogens is 313 g/mol. The summed E-state index contributed by atoms with van der Waals surface area (Å²) in [5.41, 5.74) is 0.0315. The molecule has 2 N–H and O–H groups in total. The molecule has 1 aromatic carbocycles. The lowest BCUT2D eigenvalue weighted by atomic mass is 10.0. The number of hydrogen-bond acceptors (Lipinski definition) is 4. The van der Waals surface area contributed by atoms with Crippen molar-refractivity contribution in [1.29, 1.82) is 0 Å². The van der Waals surface area contributed by atoms with Crippen molar-refractivity contribution in [1.82, 2.24) is 10.3 Å². The van der Waals surface area contributed by atoms with Crippen LogP contribution in [0, 0.1) is 13.8 Å². The zero-order chi connectivity index (χ0) is 16.3. The molecule has 7 heteroatoms. The largest absolute Gasteiger partial charge is 0.416 e. The van der Waals surface area contributed by atoms with Gasteiger partial charge in [0.15, 0.2) is 0 Å². The molecule has 0 spiro atoms. The summed E-state index contributed by atoms with van der Waals surface area (Å²) in [4.78, 5) is 5.44. The third-order valence-electron chi connectivity index (χ3n) is 3.31. The van der Waals surface area contributed by atoms with Gasteiger partial charge in [-0.1, -0.05) is 18.2 Å². The quantitative estimate of drug-likeness (QED) is 0.880. The zero-order valence-corrected chi connectivity index (χ0v) is 13.1. The number of aliphatic hydroxyl groups is 1. The lowest BCUT2D eigenvalue weighted by Crippen LogP contribution is -2.23. The van der Waals surface area contributed by atoms with Gasteiger partial charge < -0.3 is 10.4 Å². The number of halogens is 3. The molecular formula is C15H17F3N2OS. The average molecular weight is 330 g/mol. The van der Waals surface area contributed by atoms with E-state index in [-0.39, 0.29) is 12.1 Å². The molecule has 120 valence electrons. The van der Waals surface area contributed by atoms with Crippen molar-refractivity contribution >= 4 is 11.3 Å². The van der Waals surface area contributed by atoms with E-state index in [0.29, 0.717) is 6.54 Å². The highest BCUT2D eigenvalue weighted by molar-refractivity contribution is 7.11. The van der Waals surface area contributed by atoms with Crippen LogP contribution >= 0.6 is 11.3 Å². The number of nitrogens with one attached hydrogen (secondary N) is 1. The minimum atomic E-state index is -4.47. The number of nitrogens with zero attached hydrogens (tertiary/aromatic N) is 1. The number of alkyl halides is 3. The van der Waals surface area contributed by atoms with Gasteiger partial charge in [-0.15, -0.1) is 11.3 Å². The zero-order valence-electron chi connectivity index (χ0n) is 12.2. The monoisotopic (exact) mass is 330 g/mol. The fourth-order valence-electron chi connectivity index (χ4n) is 2.09. The predicted octanol–water partition coefficient (Wildman–Crippen LogP) is 3.60. The fraction of sp³-hybridized carbons (Fsp3) is 0.400. The lowest BCUT2D eigenvalue weighted by Gasteiger charge is -2.17. The van der Waals surface area contributed by atoms with Crippen LogP contribution in [0.4, 0.5) is 13.2 Å². The Bertz CT molecular complexity index is 620. The van der Waals surface area contributed by atoms with Crippen LogP contribution in [0.25, 0.3) is 0 Å². The molecule has 0 saturated carbocycles. The number of benzene rings is 1. The van der Waals surface area contributed by atoms with Crippen LogP contribution in [0.1, 0.15) is 32.8 Å². The highest BCUT2D eigenvalue weighted by Gasteiger charge is 2.34. The second kappa shape index (κ2) is 6.76. The van der Waals surface area contributed by atoms with Gasteiger partial charge in [-0.25, -0.2) is 4.98 Å². The third kappa shape index (κ3) is 4.06. The summed E-state index contributed by atoms with van der Waals surface area (Å²) in [5.74, 6) is 0. The van der Waals surface area contributed by atoms with Gasteiger partial charge in [0.1, 0.15) is 5.01 Å². The van der Waals surface area contributed by atoms with E-state index >= 15 is 0 Å². The highest BCUT2D eigenvalue weighted by atomic mass is 32.1. The molecule has 0 saturated heterocycles. The fourth-order valence-corrected chi connectivity index (χ4v) is 2.99. The number of thiazole rings is 1. The minimum Gasteiger partial charge on any atom is -0.387 e. The van der Waals surface area contributed by atoms with E-state index in [4.69, 9.17) is 0 Å². The van der Waals surface area contributed by atoms with Gasteiger partial charge in [-0.2, -0.15) is 13.2 Å². The molecule has 0 amide bonds. The van der Waals surface area contributed by atoms with Gasteiger partial charge in [-0.05, 0) is 25.5 Å². The van der Waals surface area contributed by atoms with Crippen molar-refractivity contribution in [3.63, 3.8) is 0 Å². The predicted molar refractivity (Wildman–Crippen MR) is 79.7 cm³/mol. The Morgan fingerprint density at radius 2 is 1.95 bits per heavy atom. The standard InChI is InChI=1S/C15H17F3N2OS/c1-9-10(2)22-14(20-9)8-19-7-13(21)11-5-3-4-6-12(11)15(16,17)18/h3-6,13,19,21H,7-8H2,1-2H3. The van der Waals surface area contributed by atoms with Gasteiger partial charge >= 0.3 is 6.18 Å². The van der Waals surface area contributed by atoms with E-state index in [0.717, 1.165) is 21.6 Å². The first-order valence-electron chi connectivity index (χ1n) is 6.77. The maximum absolute atomic E-state index is 12.9. The number of aryl methyl sites for hydroxylation is 2. The molecule has 0 bridgehead atoms. The van der Waals surface area contributed by atoms with Crippen molar-refractivity contribution in [2.24, 2.45) is 0 Å². The van der Waals surface area contributed by atoms with E-state index in [9.17, 15) is 18.3 Å². The van der Waals surface area contributed by atoms with E-state index < -0.39 is 17.8 Å². The van der Waals surface area contributed by atoms with Gasteiger partial charge in [0.25, 0.3) is 0 Å². The smallest absolute Gasteiger partial charge is 0.387 e. The summed E-state index contributed by atoms with van der Waals surface area (Å²) in [5, 5.41) is 13.8. The van der Waals surface area contributed by atoms with Crippen LogP contribution < -0.4 is 5.32 Å². The van der Waals surface area contributed by atoms with Crippen molar-refractivity contribution < 1.29 is 18.3 Å². The van der Waals surface area contributed by atoms with E-state index in [2.05, 4.69) is 10.3 Å². The number of aliphatic hydroxyl groups excluding tert-OH is 1. The first-order valence-corrected chi connectivity index (χ1v) is 7.58. The lowest BCUT2D eigenvalue weighted by molar-refractivity contribution is -0.139. The van der Waals surface area contributed by atoms with Crippen LogP contribution in [0.15, 0.2) is 24.3 Å². The molecule has 0 radical (unpaired) electrons. The van der Waals surface area contributed by atoms with E-state index in [1.165, 1.54) is 29.5 Å². The first-order chi connectivity index (χ1) is 10.3. The van der Waals surface area contributed by atoms with Crippen LogP contribution in [0.2, 0.25) is 0 Å². The summed E-state index contributed by atoms with van der Waals surface area (Å²) in [6, 6.07) is 5.08. The van der Waals surface area contributed by atoms with Crippen molar-refractivity contribution in [2.75, 3.05) is 6.54 Å². The Morgan fingerprint density at radius 1 is 1.27 bits per heavy atom. The minimum absolute atomic E-state index is 0.0325. The summed E-state index contributed by atoms with van der Waals surface area (Å²) in [6.45, 7) is 4.32. The molecule has 2 rings (SSSR count). The highest BCUT2D eigenvalue weighted by Crippen LogP contribution is 2.34. The van der Waals surface area contributed by atoms with E-state index in [1.54, 1.807) is 0 Å². The summed E-state index contributed by atoms with van der Waals surface area (Å²) in [7, 11) is 0. The first kappa shape index (κ1) is 16.9. The van der Waals surface area contributed by atoms with E-state index in [1.807, 2.05) is 13.8 Å². The SMILES string of the molecule is Cc1nc(CNCC(O)c2ccccc2C(F)(F)F)sc1C. The topological polar surface area (TPSA) is 45.2 Å². The molecule has 3 nitrogen and oxygen atoms in total. The van der Waals surface area contributed by atoms with Crippen molar-refractivity contribution in [3.05, 3.63) is 51.0 Å². The summed E-state index contributed by atoms with van der Waals surface area (Å²) in [6.07, 6.45) is -5.69. The number of rotatable bonds is 5. The molecule has 1 atom stereocenters. The Kier molecular flexibility index (Phi) is 5.20. The van der Waals surface area contributed by atoms with Crippen LogP contribution in [-0.4, -0.2) is 16.6 Å². The van der Waals surface area contributed by atoms with Gasteiger partial charge in [0, 0.05) is 18.0 Å². The van der Waals surface area contributed by atoms with Crippen LogP contribution in [-0.2, 0) is 12.7 Å². The van der Waals surface area contributed by atoms with Gasteiger partial charge in [-0.3, -0.25) is 0 Å². The second-order valence-electron chi connectivity index (χ2n) is 4.98. The molecule has 1 heterocycles. The second-order valence-corrected chi connectivity index (χ2v) is 6.27. The summed E-state index contributed by atoms with van der Waals surface area (Å²) >= 11 is 1.53.